The molecule has 6 heteroatoms. The van der Waals surface area contributed by atoms with Gasteiger partial charge in [-0.25, -0.2) is 0 Å². The minimum Gasteiger partial charge on any atom is -0.480 e. The first-order valence-corrected chi connectivity index (χ1v) is 8.22. The van der Waals surface area contributed by atoms with Crippen molar-refractivity contribution in [3.8, 4) is 11.3 Å². The van der Waals surface area contributed by atoms with Crippen LogP contribution < -0.4 is 5.32 Å². The Hall–Kier alpha value is -2.60. The Morgan fingerprint density at radius 2 is 1.64 bits per heavy atom. The van der Waals surface area contributed by atoms with E-state index < -0.39 is 24.0 Å². The molecule has 0 bridgehead atoms. The predicted molar refractivity (Wildman–Crippen MR) is 93.3 cm³/mol. The summed E-state index contributed by atoms with van der Waals surface area (Å²) in [6.07, 6.45) is 0.427. The van der Waals surface area contributed by atoms with Crippen LogP contribution in [0.25, 0.3) is 11.3 Å². The second kappa shape index (κ2) is 8.48. The summed E-state index contributed by atoms with van der Waals surface area (Å²) in [5, 5.41) is 21.4. The van der Waals surface area contributed by atoms with Crippen LogP contribution in [0.5, 0.6) is 0 Å². The van der Waals surface area contributed by atoms with Gasteiger partial charge in [0.25, 0.3) is 0 Å². The zero-order valence-electron chi connectivity index (χ0n) is 14.3. The van der Waals surface area contributed by atoms with Crippen molar-refractivity contribution in [1.29, 1.82) is 0 Å². The van der Waals surface area contributed by atoms with E-state index >= 15 is 0 Å². The van der Waals surface area contributed by atoms with Crippen LogP contribution >= 0.6 is 0 Å². The SMILES string of the molecule is CC(C)C[C@H](N[C@@H](Cc1ccc(-c2ccccc2)o1)C(=O)O)C(=O)O. The van der Waals surface area contributed by atoms with E-state index in [1.54, 1.807) is 12.1 Å². The highest BCUT2D eigenvalue weighted by Crippen LogP contribution is 2.22. The molecular formula is C19H23NO5. The standard InChI is InChI=1S/C19H23NO5/c1-12(2)10-15(18(21)22)20-16(19(23)24)11-14-8-9-17(25-14)13-6-4-3-5-7-13/h3-9,12,15-16,20H,10-11H2,1-2H3,(H,21,22)(H,23,24)/t15-,16-/m0/s1. The van der Waals surface area contributed by atoms with E-state index in [4.69, 9.17) is 4.42 Å². The van der Waals surface area contributed by atoms with Crippen LogP contribution in [-0.2, 0) is 16.0 Å². The number of carboxylic acid groups (broad SMARTS) is 2. The van der Waals surface area contributed by atoms with Crippen molar-refractivity contribution in [1.82, 2.24) is 5.32 Å². The lowest BCUT2D eigenvalue weighted by Gasteiger charge is -2.21. The molecule has 3 N–H and O–H groups in total. The lowest BCUT2D eigenvalue weighted by Crippen LogP contribution is -2.48. The van der Waals surface area contributed by atoms with Gasteiger partial charge in [-0.3, -0.25) is 14.9 Å². The van der Waals surface area contributed by atoms with Crippen molar-refractivity contribution < 1.29 is 24.2 Å². The Balaban J connectivity index is 2.10. The second-order valence-corrected chi connectivity index (χ2v) is 6.41. The molecule has 0 unspecified atom stereocenters. The largest absolute Gasteiger partial charge is 0.480 e. The maximum absolute atomic E-state index is 11.5. The van der Waals surface area contributed by atoms with Crippen LogP contribution in [0.1, 0.15) is 26.0 Å². The summed E-state index contributed by atoms with van der Waals surface area (Å²) in [6, 6.07) is 11.0. The highest BCUT2D eigenvalue weighted by molar-refractivity contribution is 5.77. The van der Waals surface area contributed by atoms with Gasteiger partial charge in [0.05, 0.1) is 0 Å². The number of carboxylic acids is 2. The maximum Gasteiger partial charge on any atom is 0.321 e. The minimum absolute atomic E-state index is 0.0735. The summed E-state index contributed by atoms with van der Waals surface area (Å²) in [7, 11) is 0. The summed E-state index contributed by atoms with van der Waals surface area (Å²) in [5.74, 6) is -0.877. The molecule has 0 aliphatic carbocycles. The molecule has 0 spiro atoms. The van der Waals surface area contributed by atoms with E-state index in [2.05, 4.69) is 5.32 Å². The number of rotatable bonds is 9. The Bertz CT molecular complexity index is 708. The number of nitrogens with one attached hydrogen (secondary N) is 1. The van der Waals surface area contributed by atoms with E-state index in [0.29, 0.717) is 17.9 Å². The average Bonchev–Trinajstić information content (AvgIpc) is 3.02. The molecule has 25 heavy (non-hydrogen) atoms. The molecule has 0 radical (unpaired) electrons. The maximum atomic E-state index is 11.5. The van der Waals surface area contributed by atoms with Crippen molar-refractivity contribution in [3.05, 3.63) is 48.2 Å². The third kappa shape index (κ3) is 5.46. The monoisotopic (exact) mass is 345 g/mol. The molecule has 2 atom stereocenters. The average molecular weight is 345 g/mol. The summed E-state index contributed by atoms with van der Waals surface area (Å²) >= 11 is 0. The quantitative estimate of drug-likeness (QED) is 0.646. The van der Waals surface area contributed by atoms with Crippen LogP contribution in [0.2, 0.25) is 0 Å². The van der Waals surface area contributed by atoms with Crippen LogP contribution in [0.15, 0.2) is 46.9 Å². The Morgan fingerprint density at radius 1 is 1.00 bits per heavy atom. The molecule has 0 saturated heterocycles. The van der Waals surface area contributed by atoms with E-state index in [1.807, 2.05) is 44.2 Å². The lowest BCUT2D eigenvalue weighted by molar-refractivity contribution is -0.143. The summed E-state index contributed by atoms with van der Waals surface area (Å²) in [6.45, 7) is 3.79. The van der Waals surface area contributed by atoms with Gasteiger partial charge in [0.1, 0.15) is 23.6 Å². The van der Waals surface area contributed by atoms with Gasteiger partial charge in [-0.05, 0) is 24.5 Å². The van der Waals surface area contributed by atoms with Gasteiger partial charge >= 0.3 is 11.9 Å². The molecule has 0 amide bonds. The highest BCUT2D eigenvalue weighted by Gasteiger charge is 2.27. The normalized spacial score (nSPS) is 13.6. The van der Waals surface area contributed by atoms with Crippen LogP contribution in [0, 0.1) is 5.92 Å². The third-order valence-electron chi connectivity index (χ3n) is 3.83. The van der Waals surface area contributed by atoms with Gasteiger partial charge in [-0.2, -0.15) is 0 Å². The van der Waals surface area contributed by atoms with Gasteiger partial charge in [-0.15, -0.1) is 0 Å². The van der Waals surface area contributed by atoms with E-state index in [-0.39, 0.29) is 12.3 Å². The number of carbonyl (C=O) groups is 2. The minimum atomic E-state index is -1.10. The summed E-state index contributed by atoms with van der Waals surface area (Å²) < 4.78 is 5.72. The zero-order valence-corrected chi connectivity index (χ0v) is 14.3. The van der Waals surface area contributed by atoms with Crippen LogP contribution in [0.3, 0.4) is 0 Å². The van der Waals surface area contributed by atoms with Crippen molar-refractivity contribution in [3.63, 3.8) is 0 Å². The van der Waals surface area contributed by atoms with Gasteiger partial charge < -0.3 is 14.6 Å². The van der Waals surface area contributed by atoms with E-state index in [1.165, 1.54) is 0 Å². The van der Waals surface area contributed by atoms with Crippen molar-refractivity contribution in [2.75, 3.05) is 0 Å². The molecule has 2 rings (SSSR count). The fraction of sp³-hybridized carbons (Fsp3) is 0.368. The molecule has 0 saturated carbocycles. The fourth-order valence-corrected chi connectivity index (χ4v) is 2.62. The third-order valence-corrected chi connectivity index (χ3v) is 3.83. The Labute approximate surface area is 146 Å². The first kappa shape index (κ1) is 18.7. The van der Waals surface area contributed by atoms with E-state index in [9.17, 15) is 19.8 Å². The van der Waals surface area contributed by atoms with Gasteiger partial charge in [0.15, 0.2) is 0 Å². The molecule has 1 aromatic carbocycles. The lowest BCUT2D eigenvalue weighted by atomic mass is 10.0. The highest BCUT2D eigenvalue weighted by atomic mass is 16.4. The number of aliphatic carboxylic acids is 2. The number of hydrogen-bond donors (Lipinski definition) is 3. The van der Waals surface area contributed by atoms with Crippen LogP contribution in [0.4, 0.5) is 0 Å². The summed E-state index contributed by atoms with van der Waals surface area (Å²) in [5.41, 5.74) is 0.900. The molecule has 1 aromatic heterocycles. The molecule has 134 valence electrons. The van der Waals surface area contributed by atoms with Crippen molar-refractivity contribution >= 4 is 11.9 Å². The molecule has 1 heterocycles. The second-order valence-electron chi connectivity index (χ2n) is 6.41. The van der Waals surface area contributed by atoms with Gasteiger partial charge in [0.2, 0.25) is 0 Å². The molecular weight excluding hydrogens is 322 g/mol. The zero-order chi connectivity index (χ0) is 18.4. The first-order chi connectivity index (χ1) is 11.9. The van der Waals surface area contributed by atoms with Gasteiger partial charge in [0, 0.05) is 12.0 Å². The van der Waals surface area contributed by atoms with Crippen LogP contribution in [-0.4, -0.2) is 34.2 Å². The predicted octanol–water partition coefficient (Wildman–Crippen LogP) is 3.03. The number of hydrogen-bond acceptors (Lipinski definition) is 4. The molecule has 0 aliphatic rings. The van der Waals surface area contributed by atoms with Crippen molar-refractivity contribution in [2.45, 2.75) is 38.8 Å². The molecule has 0 fully saturated rings. The summed E-state index contributed by atoms with van der Waals surface area (Å²) in [4.78, 5) is 22.9. The van der Waals surface area contributed by atoms with Crippen molar-refractivity contribution in [2.24, 2.45) is 5.92 Å². The fourth-order valence-electron chi connectivity index (χ4n) is 2.62. The first-order valence-electron chi connectivity index (χ1n) is 8.22. The van der Waals surface area contributed by atoms with E-state index in [0.717, 1.165) is 5.56 Å². The number of benzene rings is 1. The Morgan fingerprint density at radius 3 is 2.20 bits per heavy atom. The topological polar surface area (TPSA) is 99.8 Å². The smallest absolute Gasteiger partial charge is 0.321 e. The molecule has 6 nitrogen and oxygen atoms in total. The Kier molecular flexibility index (Phi) is 6.36. The molecule has 0 aliphatic heterocycles. The van der Waals surface area contributed by atoms with Gasteiger partial charge in [-0.1, -0.05) is 44.2 Å². The molecule has 2 aromatic rings. The number of furan rings is 1.